The second-order valence-corrected chi connectivity index (χ2v) is 25.9. The molecule has 0 spiro atoms. The molecular formula is C61H126O6Si2. The van der Waals surface area contributed by atoms with Gasteiger partial charge < -0.3 is 26.6 Å². The first-order valence-electron chi connectivity index (χ1n) is 31.0. The molecule has 0 bridgehead atoms. The summed E-state index contributed by atoms with van der Waals surface area (Å²) in [4.78, 5) is 0. The molecule has 69 heavy (non-hydrogen) atoms. The van der Waals surface area contributed by atoms with Gasteiger partial charge in [-0.3, -0.25) is 0 Å². The third-order valence-electron chi connectivity index (χ3n) is 13.5. The molecular weight excluding hydrogens is 885 g/mol. The van der Waals surface area contributed by atoms with Crippen molar-refractivity contribution in [1.29, 1.82) is 0 Å². The van der Waals surface area contributed by atoms with Crippen LogP contribution in [0.4, 0.5) is 0 Å². The predicted octanol–water partition coefficient (Wildman–Crippen LogP) is 21.2. The fourth-order valence-corrected chi connectivity index (χ4v) is 14.2. The van der Waals surface area contributed by atoms with E-state index in [1.54, 1.807) is 0 Å². The van der Waals surface area contributed by atoms with Gasteiger partial charge >= 0.3 is 17.6 Å². The molecule has 0 unspecified atom stereocenters. The maximum Gasteiger partial charge on any atom is 0.500 e. The Kier molecular flexibility index (Phi) is 61.8. The molecule has 0 aliphatic carbocycles. The van der Waals surface area contributed by atoms with E-state index in [0.29, 0.717) is 0 Å². The van der Waals surface area contributed by atoms with Crippen LogP contribution >= 0.6 is 0 Å². The monoisotopic (exact) mass is 1010 g/mol. The first-order chi connectivity index (χ1) is 34.0. The van der Waals surface area contributed by atoms with E-state index in [-0.39, 0.29) is 0 Å². The minimum Gasteiger partial charge on any atom is -0.373 e. The fourth-order valence-electron chi connectivity index (χ4n) is 8.78. The Labute approximate surface area is 436 Å². The zero-order chi connectivity index (χ0) is 50.7. The van der Waals surface area contributed by atoms with Crippen molar-refractivity contribution in [2.24, 2.45) is 0 Å². The molecule has 0 heterocycles. The van der Waals surface area contributed by atoms with Crippen molar-refractivity contribution < 1.29 is 26.6 Å². The Morgan fingerprint density at radius 2 is 0.406 bits per heavy atom. The van der Waals surface area contributed by atoms with Crippen LogP contribution in [-0.2, 0) is 26.6 Å². The molecule has 8 heteroatoms. The number of rotatable bonds is 59. The standard InChI is InChI=1S/C32H66O3Si.C29H60O3Si/c1-5-9-13-17-21-25-29-33-36(32-28-24-20-16-12-8-4,34-30-26-22-18-14-10-6-2)35-31-27-23-19-15-11-7-3;1-5-9-13-17-21-25-29-33(30-26-22-18-14-10-6-2,31-27-23-19-15-11-7-3)32-28-24-20-16-12-8-4/h8H,4-7,9-32H2,1-3H3;5H,1,6-29H2,2-4H3. The van der Waals surface area contributed by atoms with Gasteiger partial charge in [-0.2, -0.15) is 0 Å². The largest absolute Gasteiger partial charge is 0.500 e. The van der Waals surface area contributed by atoms with E-state index in [2.05, 4.69) is 54.7 Å². The van der Waals surface area contributed by atoms with Gasteiger partial charge in [-0.05, 0) is 77.0 Å². The van der Waals surface area contributed by atoms with E-state index in [4.69, 9.17) is 26.6 Å². The van der Waals surface area contributed by atoms with E-state index in [1.165, 1.54) is 212 Å². The lowest BCUT2D eigenvalue weighted by molar-refractivity contribution is 0.0539. The molecule has 414 valence electrons. The van der Waals surface area contributed by atoms with Gasteiger partial charge in [0, 0.05) is 51.7 Å². The summed E-state index contributed by atoms with van der Waals surface area (Å²) in [6, 6.07) is 1.97. The predicted molar refractivity (Wildman–Crippen MR) is 310 cm³/mol. The maximum atomic E-state index is 6.63. The summed E-state index contributed by atoms with van der Waals surface area (Å²) in [5.41, 5.74) is 0. The average molecular weight is 1010 g/mol. The Balaban J connectivity index is 0. The molecule has 0 saturated heterocycles. The van der Waals surface area contributed by atoms with Gasteiger partial charge in [-0.15, -0.1) is 13.2 Å². The van der Waals surface area contributed by atoms with Gasteiger partial charge in [0.25, 0.3) is 0 Å². The Morgan fingerprint density at radius 1 is 0.232 bits per heavy atom. The number of hydrogen-bond donors (Lipinski definition) is 0. The average Bonchev–Trinajstić information content (AvgIpc) is 3.36. The molecule has 0 aromatic heterocycles. The van der Waals surface area contributed by atoms with E-state index in [0.717, 1.165) is 116 Å². The van der Waals surface area contributed by atoms with Gasteiger partial charge in [-0.1, -0.05) is 253 Å². The minimum absolute atomic E-state index is 0.804. The highest BCUT2D eigenvalue weighted by molar-refractivity contribution is 6.61. The number of unbranched alkanes of at least 4 members (excludes halogenated alkanes) is 35. The molecule has 0 aliphatic heterocycles. The normalized spacial score (nSPS) is 11.9. The van der Waals surface area contributed by atoms with Crippen LogP contribution in [-0.4, -0.2) is 57.3 Å². The quantitative estimate of drug-likeness (QED) is 0.0344. The molecule has 0 amide bonds. The molecule has 6 nitrogen and oxygen atoms in total. The van der Waals surface area contributed by atoms with Crippen molar-refractivity contribution in [1.82, 2.24) is 0 Å². The van der Waals surface area contributed by atoms with Crippen molar-refractivity contribution in [2.45, 2.75) is 330 Å². The van der Waals surface area contributed by atoms with E-state index < -0.39 is 17.6 Å². The lowest BCUT2D eigenvalue weighted by Gasteiger charge is -2.30. The molecule has 0 aromatic carbocycles. The van der Waals surface area contributed by atoms with Gasteiger partial charge in [0.05, 0.1) is 0 Å². The second kappa shape index (κ2) is 60.2. The molecule has 0 aliphatic rings. The highest BCUT2D eigenvalue weighted by atomic mass is 28.4. The van der Waals surface area contributed by atoms with Gasteiger partial charge in [0.15, 0.2) is 0 Å². The lowest BCUT2D eigenvalue weighted by atomic mass is 10.1. The van der Waals surface area contributed by atoms with E-state index in [1.807, 2.05) is 12.2 Å². The van der Waals surface area contributed by atoms with Crippen LogP contribution in [0.1, 0.15) is 318 Å². The first kappa shape index (κ1) is 70.7. The summed E-state index contributed by atoms with van der Waals surface area (Å²) >= 11 is 0. The molecule has 0 aromatic rings. The SMILES string of the molecule is C=CCCCCCC[Si](OCCCCCCC)(OCCCCCCC)OCCCCCCC.C=CCCCCCC[Si](OCCCCCCCC)(OCCCCCCCC)OCCCCCCCC. The van der Waals surface area contributed by atoms with Gasteiger partial charge in [0.1, 0.15) is 0 Å². The summed E-state index contributed by atoms with van der Waals surface area (Å²) in [5, 5.41) is 0. The van der Waals surface area contributed by atoms with Crippen LogP contribution in [0.5, 0.6) is 0 Å². The third-order valence-corrected chi connectivity index (χ3v) is 19.2. The summed E-state index contributed by atoms with van der Waals surface area (Å²) < 4.78 is 39.6. The third kappa shape index (κ3) is 52.3. The molecule has 0 N–H and O–H groups in total. The zero-order valence-electron chi connectivity index (χ0n) is 48.1. The highest BCUT2D eigenvalue weighted by Crippen LogP contribution is 2.25. The van der Waals surface area contributed by atoms with Crippen molar-refractivity contribution in [3.05, 3.63) is 25.3 Å². The highest BCUT2D eigenvalue weighted by Gasteiger charge is 2.41. The van der Waals surface area contributed by atoms with Gasteiger partial charge in [-0.25, -0.2) is 0 Å². The Hall–Kier alpha value is -0.326. The van der Waals surface area contributed by atoms with E-state index in [9.17, 15) is 0 Å². The molecule has 0 radical (unpaired) electrons. The molecule has 0 fully saturated rings. The molecule has 0 atom stereocenters. The summed E-state index contributed by atoms with van der Waals surface area (Å²) in [6.45, 7) is 26.2. The van der Waals surface area contributed by atoms with E-state index >= 15 is 0 Å². The van der Waals surface area contributed by atoms with Crippen LogP contribution in [0.3, 0.4) is 0 Å². The Morgan fingerprint density at radius 3 is 0.609 bits per heavy atom. The summed E-state index contributed by atoms with van der Waals surface area (Å²) in [7, 11) is -5.20. The van der Waals surface area contributed by atoms with Crippen LogP contribution in [0.15, 0.2) is 25.3 Å². The number of hydrogen-bond acceptors (Lipinski definition) is 6. The van der Waals surface area contributed by atoms with Crippen molar-refractivity contribution in [3.63, 3.8) is 0 Å². The minimum atomic E-state index is -2.61. The molecule has 0 rings (SSSR count). The zero-order valence-corrected chi connectivity index (χ0v) is 50.1. The van der Waals surface area contributed by atoms with Gasteiger partial charge in [0.2, 0.25) is 0 Å². The van der Waals surface area contributed by atoms with Crippen LogP contribution in [0.25, 0.3) is 0 Å². The number of allylic oxidation sites excluding steroid dienone is 2. The topological polar surface area (TPSA) is 55.4 Å². The fraction of sp³-hybridized carbons (Fsp3) is 0.934. The lowest BCUT2D eigenvalue weighted by Crippen LogP contribution is -2.46. The van der Waals surface area contributed by atoms with Crippen molar-refractivity contribution >= 4 is 17.6 Å². The summed E-state index contributed by atoms with van der Waals surface area (Å²) in [5.74, 6) is 0. The maximum absolute atomic E-state index is 6.63. The smallest absolute Gasteiger partial charge is 0.373 e. The summed E-state index contributed by atoms with van der Waals surface area (Å²) in [6.07, 6.45) is 58.3. The van der Waals surface area contributed by atoms with Crippen molar-refractivity contribution in [2.75, 3.05) is 39.6 Å². The Bertz CT molecular complexity index is 882. The van der Waals surface area contributed by atoms with Crippen molar-refractivity contribution in [3.8, 4) is 0 Å². The van der Waals surface area contributed by atoms with Crippen LogP contribution in [0, 0.1) is 0 Å². The second-order valence-electron chi connectivity index (χ2n) is 20.5. The van der Waals surface area contributed by atoms with Crippen LogP contribution in [0.2, 0.25) is 12.1 Å². The first-order valence-corrected chi connectivity index (χ1v) is 34.9. The molecule has 0 saturated carbocycles. The van der Waals surface area contributed by atoms with Crippen LogP contribution < -0.4 is 0 Å².